The molecule has 1 saturated heterocycles. The van der Waals surface area contributed by atoms with Crippen LogP contribution in [0.4, 0.5) is 4.79 Å². The highest BCUT2D eigenvalue weighted by Gasteiger charge is 2.24. The highest BCUT2D eigenvalue weighted by atomic mass is 16.5. The Morgan fingerprint density at radius 2 is 2.04 bits per heavy atom. The molecule has 0 bridgehead atoms. The zero-order chi connectivity index (χ0) is 16.5. The molecule has 0 aromatic carbocycles. The minimum Gasteiger partial charge on any atom is -0.376 e. The van der Waals surface area contributed by atoms with Gasteiger partial charge in [0.15, 0.2) is 0 Å². The third-order valence-corrected chi connectivity index (χ3v) is 4.98. The van der Waals surface area contributed by atoms with Crippen LogP contribution in [0.2, 0.25) is 0 Å². The first-order valence-electron chi connectivity index (χ1n) is 9.15. The molecule has 0 spiro atoms. The van der Waals surface area contributed by atoms with Crippen LogP contribution < -0.4 is 16.4 Å². The number of piperidine rings is 1. The van der Waals surface area contributed by atoms with Crippen molar-refractivity contribution in [2.45, 2.75) is 70.1 Å². The molecule has 0 aromatic rings. The maximum atomic E-state index is 11.3. The van der Waals surface area contributed by atoms with E-state index in [1.165, 1.54) is 32.1 Å². The minimum absolute atomic E-state index is 0.0963. The lowest BCUT2D eigenvalue weighted by molar-refractivity contribution is -0.0319. The maximum absolute atomic E-state index is 11.3. The molecular weight excluding hydrogens is 294 g/mol. The first kappa shape index (κ1) is 18.5. The molecule has 4 N–H and O–H groups in total. The smallest absolute Gasteiger partial charge is 0.312 e. The highest BCUT2D eigenvalue weighted by molar-refractivity contribution is 5.72. The van der Waals surface area contributed by atoms with Crippen LogP contribution in [0, 0.1) is 5.92 Å². The van der Waals surface area contributed by atoms with Gasteiger partial charge in [0.25, 0.3) is 0 Å². The SMILES string of the molecule is CC(OCC1CCCCC1)C(COC1CCCNC1)NC(N)=O. The van der Waals surface area contributed by atoms with E-state index in [2.05, 4.69) is 10.6 Å². The third kappa shape index (κ3) is 7.06. The van der Waals surface area contributed by atoms with E-state index < -0.39 is 6.03 Å². The second-order valence-electron chi connectivity index (χ2n) is 6.96. The van der Waals surface area contributed by atoms with Crippen molar-refractivity contribution in [2.24, 2.45) is 11.7 Å². The minimum atomic E-state index is -0.520. The fourth-order valence-electron chi connectivity index (χ4n) is 3.44. The number of rotatable bonds is 8. The van der Waals surface area contributed by atoms with Gasteiger partial charge in [-0.3, -0.25) is 0 Å². The molecule has 23 heavy (non-hydrogen) atoms. The molecule has 6 nitrogen and oxygen atoms in total. The first-order chi connectivity index (χ1) is 11.1. The monoisotopic (exact) mass is 327 g/mol. The average molecular weight is 327 g/mol. The molecular formula is C17H33N3O3. The fourth-order valence-corrected chi connectivity index (χ4v) is 3.44. The van der Waals surface area contributed by atoms with Gasteiger partial charge in [-0.25, -0.2) is 4.79 Å². The predicted octanol–water partition coefficient (Wildman–Crippen LogP) is 1.78. The summed E-state index contributed by atoms with van der Waals surface area (Å²) in [6.45, 7) is 5.14. The number of hydrogen-bond donors (Lipinski definition) is 3. The number of urea groups is 1. The summed E-state index contributed by atoms with van der Waals surface area (Å²) in [6, 6.07) is -0.716. The van der Waals surface area contributed by atoms with E-state index >= 15 is 0 Å². The topological polar surface area (TPSA) is 85.6 Å². The number of nitrogens with one attached hydrogen (secondary N) is 2. The van der Waals surface area contributed by atoms with E-state index in [1.54, 1.807) is 0 Å². The Kier molecular flexibility index (Phi) is 8.12. The molecule has 2 fully saturated rings. The van der Waals surface area contributed by atoms with Crippen molar-refractivity contribution in [3.05, 3.63) is 0 Å². The Balaban J connectivity index is 1.74. The number of carbonyl (C=O) groups is 1. The average Bonchev–Trinajstić information content (AvgIpc) is 2.58. The summed E-state index contributed by atoms with van der Waals surface area (Å²) in [5, 5.41) is 6.10. The number of nitrogens with two attached hydrogens (primary N) is 1. The van der Waals surface area contributed by atoms with Gasteiger partial charge in [0.05, 0.1) is 24.9 Å². The van der Waals surface area contributed by atoms with Crippen molar-refractivity contribution in [1.82, 2.24) is 10.6 Å². The van der Waals surface area contributed by atoms with E-state index in [0.717, 1.165) is 32.5 Å². The van der Waals surface area contributed by atoms with Crippen molar-refractivity contribution in [2.75, 3.05) is 26.3 Å². The van der Waals surface area contributed by atoms with Gasteiger partial charge in [0.1, 0.15) is 0 Å². The zero-order valence-electron chi connectivity index (χ0n) is 14.4. The quantitative estimate of drug-likeness (QED) is 0.634. The lowest BCUT2D eigenvalue weighted by Crippen LogP contribution is -2.50. The van der Waals surface area contributed by atoms with Crippen LogP contribution >= 0.6 is 0 Å². The molecule has 0 radical (unpaired) electrons. The Morgan fingerprint density at radius 1 is 1.26 bits per heavy atom. The van der Waals surface area contributed by atoms with Gasteiger partial charge < -0.3 is 25.8 Å². The van der Waals surface area contributed by atoms with Crippen LogP contribution in [0.1, 0.15) is 51.9 Å². The van der Waals surface area contributed by atoms with Crippen molar-refractivity contribution >= 4 is 6.03 Å². The normalized spacial score (nSPS) is 25.7. The Labute approximate surface area is 139 Å². The Bertz CT molecular complexity index is 342. The molecule has 2 rings (SSSR count). The summed E-state index contributed by atoms with van der Waals surface area (Å²) < 4.78 is 12.0. The van der Waals surface area contributed by atoms with E-state index in [-0.39, 0.29) is 18.2 Å². The van der Waals surface area contributed by atoms with Crippen LogP contribution in [0.15, 0.2) is 0 Å². The van der Waals surface area contributed by atoms with Crippen molar-refractivity contribution < 1.29 is 14.3 Å². The molecule has 6 heteroatoms. The Morgan fingerprint density at radius 3 is 2.70 bits per heavy atom. The summed E-state index contributed by atoms with van der Waals surface area (Å²) in [5.41, 5.74) is 5.31. The first-order valence-corrected chi connectivity index (χ1v) is 9.15. The summed E-state index contributed by atoms with van der Waals surface area (Å²) in [6.07, 6.45) is 8.79. The van der Waals surface area contributed by atoms with E-state index in [0.29, 0.717) is 12.5 Å². The van der Waals surface area contributed by atoms with Gasteiger partial charge in [-0.1, -0.05) is 19.3 Å². The van der Waals surface area contributed by atoms with Crippen LogP contribution in [0.3, 0.4) is 0 Å². The van der Waals surface area contributed by atoms with Gasteiger partial charge in [0, 0.05) is 13.2 Å². The summed E-state index contributed by atoms with van der Waals surface area (Å²) in [4.78, 5) is 11.3. The zero-order valence-corrected chi connectivity index (χ0v) is 14.4. The van der Waals surface area contributed by atoms with Crippen molar-refractivity contribution in [3.63, 3.8) is 0 Å². The third-order valence-electron chi connectivity index (χ3n) is 4.98. The molecule has 3 atom stereocenters. The molecule has 2 aliphatic rings. The van der Waals surface area contributed by atoms with E-state index in [4.69, 9.17) is 15.2 Å². The van der Waals surface area contributed by atoms with Crippen LogP contribution in [0.25, 0.3) is 0 Å². The van der Waals surface area contributed by atoms with Gasteiger partial charge in [0.2, 0.25) is 0 Å². The molecule has 3 unspecified atom stereocenters. The lowest BCUT2D eigenvalue weighted by Gasteiger charge is -2.30. The Hall–Kier alpha value is -0.850. The second kappa shape index (κ2) is 10.1. The number of primary amides is 1. The second-order valence-corrected chi connectivity index (χ2v) is 6.96. The van der Waals surface area contributed by atoms with Gasteiger partial charge in [-0.2, -0.15) is 0 Å². The molecule has 1 saturated carbocycles. The van der Waals surface area contributed by atoms with Gasteiger partial charge in [-0.05, 0) is 45.1 Å². The van der Waals surface area contributed by atoms with Crippen LogP contribution in [0.5, 0.6) is 0 Å². The highest BCUT2D eigenvalue weighted by Crippen LogP contribution is 2.24. The van der Waals surface area contributed by atoms with Gasteiger partial charge in [-0.15, -0.1) is 0 Å². The molecule has 1 aliphatic carbocycles. The lowest BCUT2D eigenvalue weighted by atomic mass is 9.90. The fraction of sp³-hybridized carbons (Fsp3) is 0.941. The maximum Gasteiger partial charge on any atom is 0.312 e. The number of carbonyl (C=O) groups excluding carboxylic acids is 1. The standard InChI is InChI=1S/C17H33N3O3/c1-13(22-11-14-6-3-2-4-7-14)16(20-17(18)21)12-23-15-8-5-9-19-10-15/h13-16,19H,2-12H2,1H3,(H3,18,20,21). The van der Waals surface area contributed by atoms with Crippen molar-refractivity contribution in [1.29, 1.82) is 0 Å². The largest absolute Gasteiger partial charge is 0.376 e. The molecule has 0 aromatic heterocycles. The van der Waals surface area contributed by atoms with E-state index in [9.17, 15) is 4.79 Å². The summed E-state index contributed by atoms with van der Waals surface area (Å²) in [7, 11) is 0. The molecule has 2 amide bonds. The van der Waals surface area contributed by atoms with E-state index in [1.807, 2.05) is 6.92 Å². The summed E-state index contributed by atoms with van der Waals surface area (Å²) >= 11 is 0. The number of ether oxygens (including phenoxy) is 2. The van der Waals surface area contributed by atoms with Crippen molar-refractivity contribution in [3.8, 4) is 0 Å². The van der Waals surface area contributed by atoms with Crippen LogP contribution in [-0.4, -0.2) is 50.6 Å². The molecule has 1 heterocycles. The number of amides is 2. The molecule has 134 valence electrons. The molecule has 1 aliphatic heterocycles. The van der Waals surface area contributed by atoms with Crippen LogP contribution in [-0.2, 0) is 9.47 Å². The van der Waals surface area contributed by atoms with Gasteiger partial charge >= 0.3 is 6.03 Å². The summed E-state index contributed by atoms with van der Waals surface area (Å²) in [5.74, 6) is 0.656. The predicted molar refractivity (Wildman–Crippen MR) is 90.3 cm³/mol. The number of hydrogen-bond acceptors (Lipinski definition) is 4.